The average Bonchev–Trinajstić information content (AvgIpc) is 2.71. The number of carbonyl (C=O) groups excluding carboxylic acids is 1. The van der Waals surface area contributed by atoms with Crippen LogP contribution in [0.1, 0.15) is 36.3 Å². The Balaban J connectivity index is 2.21. The minimum atomic E-state index is -0.891. The quantitative estimate of drug-likeness (QED) is 0.878. The SMILES string of the molecule is CCC(C)(O)CNC(=O)c1cnc2c(c1)c(C)nn2C. The molecule has 0 spiro atoms. The van der Waals surface area contributed by atoms with Crippen LogP contribution in [0.2, 0.25) is 0 Å². The molecule has 0 aliphatic rings. The van der Waals surface area contributed by atoms with E-state index in [1.165, 1.54) is 6.20 Å². The molecule has 1 atom stereocenters. The molecule has 1 amide bonds. The highest BCUT2D eigenvalue weighted by molar-refractivity contribution is 5.97. The molecule has 2 rings (SSSR count). The van der Waals surface area contributed by atoms with Gasteiger partial charge in [0.05, 0.1) is 16.9 Å². The van der Waals surface area contributed by atoms with Crippen molar-refractivity contribution in [3.63, 3.8) is 0 Å². The molecule has 6 heteroatoms. The van der Waals surface area contributed by atoms with Crippen molar-refractivity contribution in [3.8, 4) is 0 Å². The van der Waals surface area contributed by atoms with Crippen LogP contribution in [0.4, 0.5) is 0 Å². The van der Waals surface area contributed by atoms with E-state index in [1.54, 1.807) is 17.7 Å². The van der Waals surface area contributed by atoms with E-state index in [-0.39, 0.29) is 12.5 Å². The van der Waals surface area contributed by atoms with Crippen LogP contribution in [0.15, 0.2) is 12.3 Å². The van der Waals surface area contributed by atoms with Gasteiger partial charge < -0.3 is 10.4 Å². The topological polar surface area (TPSA) is 80.0 Å². The van der Waals surface area contributed by atoms with Gasteiger partial charge in [0, 0.05) is 25.2 Å². The monoisotopic (exact) mass is 276 g/mol. The van der Waals surface area contributed by atoms with Crippen molar-refractivity contribution in [1.29, 1.82) is 0 Å². The van der Waals surface area contributed by atoms with Crippen LogP contribution < -0.4 is 5.32 Å². The first-order chi connectivity index (χ1) is 9.34. The van der Waals surface area contributed by atoms with Crippen molar-refractivity contribution in [3.05, 3.63) is 23.5 Å². The number of fused-ring (bicyclic) bond motifs is 1. The molecule has 0 bridgehead atoms. The lowest BCUT2D eigenvalue weighted by Crippen LogP contribution is -2.40. The molecule has 2 heterocycles. The molecule has 2 aromatic heterocycles. The van der Waals surface area contributed by atoms with Gasteiger partial charge in [-0.25, -0.2) is 4.98 Å². The zero-order chi connectivity index (χ0) is 14.9. The first kappa shape index (κ1) is 14.5. The fourth-order valence-corrected chi connectivity index (χ4v) is 1.93. The minimum absolute atomic E-state index is 0.215. The molecule has 20 heavy (non-hydrogen) atoms. The van der Waals surface area contributed by atoms with Gasteiger partial charge in [0.15, 0.2) is 5.65 Å². The molecular weight excluding hydrogens is 256 g/mol. The summed E-state index contributed by atoms with van der Waals surface area (Å²) in [5, 5.41) is 17.8. The number of hydrogen-bond acceptors (Lipinski definition) is 4. The number of nitrogens with zero attached hydrogens (tertiary/aromatic N) is 3. The molecular formula is C14H20N4O2. The predicted molar refractivity (Wildman–Crippen MR) is 76.5 cm³/mol. The Morgan fingerprint density at radius 3 is 2.90 bits per heavy atom. The highest BCUT2D eigenvalue weighted by atomic mass is 16.3. The molecule has 2 N–H and O–H groups in total. The van der Waals surface area contributed by atoms with E-state index in [2.05, 4.69) is 15.4 Å². The fraction of sp³-hybridized carbons (Fsp3) is 0.500. The number of pyridine rings is 1. The molecule has 0 saturated heterocycles. The highest BCUT2D eigenvalue weighted by Crippen LogP contribution is 2.16. The molecule has 0 saturated carbocycles. The second kappa shape index (κ2) is 5.20. The van der Waals surface area contributed by atoms with Gasteiger partial charge in [0.2, 0.25) is 0 Å². The zero-order valence-corrected chi connectivity index (χ0v) is 12.3. The number of nitrogens with one attached hydrogen (secondary N) is 1. The third kappa shape index (κ3) is 2.80. The summed E-state index contributed by atoms with van der Waals surface area (Å²) in [5.74, 6) is -0.239. The van der Waals surface area contributed by atoms with Crippen molar-refractivity contribution in [2.45, 2.75) is 32.8 Å². The molecule has 2 aromatic rings. The van der Waals surface area contributed by atoms with Crippen molar-refractivity contribution < 1.29 is 9.90 Å². The van der Waals surface area contributed by atoms with Gasteiger partial charge >= 0.3 is 0 Å². The van der Waals surface area contributed by atoms with E-state index in [0.29, 0.717) is 12.0 Å². The summed E-state index contributed by atoms with van der Waals surface area (Å²) < 4.78 is 1.69. The van der Waals surface area contributed by atoms with Gasteiger partial charge in [-0.3, -0.25) is 9.48 Å². The summed E-state index contributed by atoms with van der Waals surface area (Å²) >= 11 is 0. The van der Waals surface area contributed by atoms with E-state index in [1.807, 2.05) is 20.9 Å². The maximum Gasteiger partial charge on any atom is 0.252 e. The number of rotatable bonds is 4. The van der Waals surface area contributed by atoms with Crippen molar-refractivity contribution in [2.75, 3.05) is 6.54 Å². The van der Waals surface area contributed by atoms with Crippen molar-refractivity contribution in [1.82, 2.24) is 20.1 Å². The van der Waals surface area contributed by atoms with E-state index in [4.69, 9.17) is 0 Å². The molecule has 6 nitrogen and oxygen atoms in total. The molecule has 0 aromatic carbocycles. The van der Waals surface area contributed by atoms with Gasteiger partial charge in [-0.2, -0.15) is 5.10 Å². The lowest BCUT2D eigenvalue weighted by molar-refractivity contribution is 0.0518. The van der Waals surface area contributed by atoms with E-state index in [0.717, 1.165) is 16.7 Å². The Labute approximate surface area is 117 Å². The van der Waals surface area contributed by atoms with E-state index < -0.39 is 5.60 Å². The molecule has 0 fully saturated rings. The normalized spacial score (nSPS) is 14.2. The number of amides is 1. The van der Waals surface area contributed by atoms with Crippen LogP contribution >= 0.6 is 0 Å². The standard InChI is InChI=1S/C14H20N4O2/c1-5-14(3,20)8-16-13(19)10-6-11-9(2)17-18(4)12(11)15-7-10/h6-7,20H,5,8H2,1-4H3,(H,16,19). The number of aliphatic hydroxyl groups is 1. The molecule has 0 aliphatic carbocycles. The maximum absolute atomic E-state index is 12.1. The van der Waals surface area contributed by atoms with Crippen LogP contribution in [0.5, 0.6) is 0 Å². The number of hydrogen-bond donors (Lipinski definition) is 2. The van der Waals surface area contributed by atoms with E-state index in [9.17, 15) is 9.90 Å². The van der Waals surface area contributed by atoms with Crippen LogP contribution in [-0.2, 0) is 7.05 Å². The average molecular weight is 276 g/mol. The molecule has 0 aliphatic heterocycles. The maximum atomic E-state index is 12.1. The number of carbonyl (C=O) groups is 1. The second-order valence-corrected chi connectivity index (χ2v) is 5.34. The minimum Gasteiger partial charge on any atom is -0.388 e. The first-order valence-electron chi connectivity index (χ1n) is 6.64. The Hall–Kier alpha value is -1.95. The summed E-state index contributed by atoms with van der Waals surface area (Å²) in [5.41, 5.74) is 1.17. The molecule has 1 unspecified atom stereocenters. The van der Waals surface area contributed by atoms with E-state index >= 15 is 0 Å². The summed E-state index contributed by atoms with van der Waals surface area (Å²) in [7, 11) is 1.82. The van der Waals surface area contributed by atoms with Crippen LogP contribution in [-0.4, -0.2) is 37.9 Å². The fourth-order valence-electron chi connectivity index (χ4n) is 1.93. The third-order valence-electron chi connectivity index (χ3n) is 3.52. The Kier molecular flexibility index (Phi) is 3.76. The predicted octanol–water partition coefficient (Wildman–Crippen LogP) is 1.17. The van der Waals surface area contributed by atoms with Crippen LogP contribution in [0.25, 0.3) is 11.0 Å². The van der Waals surface area contributed by atoms with Gasteiger partial charge in [-0.05, 0) is 26.3 Å². The molecule has 108 valence electrons. The lowest BCUT2D eigenvalue weighted by Gasteiger charge is -2.21. The third-order valence-corrected chi connectivity index (χ3v) is 3.52. The smallest absolute Gasteiger partial charge is 0.252 e. The van der Waals surface area contributed by atoms with Gasteiger partial charge in [0.1, 0.15) is 0 Å². The Bertz CT molecular complexity index is 646. The van der Waals surface area contributed by atoms with Gasteiger partial charge in [-0.1, -0.05) is 6.92 Å². The first-order valence-corrected chi connectivity index (χ1v) is 6.64. The van der Waals surface area contributed by atoms with Crippen LogP contribution in [0.3, 0.4) is 0 Å². The highest BCUT2D eigenvalue weighted by Gasteiger charge is 2.19. The Morgan fingerprint density at radius 2 is 2.25 bits per heavy atom. The second-order valence-electron chi connectivity index (χ2n) is 5.34. The number of aromatic nitrogens is 3. The summed E-state index contributed by atoms with van der Waals surface area (Å²) in [6.45, 7) is 5.67. The number of aryl methyl sites for hydroxylation is 2. The van der Waals surface area contributed by atoms with Crippen molar-refractivity contribution >= 4 is 16.9 Å². The zero-order valence-electron chi connectivity index (χ0n) is 12.3. The van der Waals surface area contributed by atoms with Crippen LogP contribution in [0, 0.1) is 6.92 Å². The summed E-state index contributed by atoms with van der Waals surface area (Å²) in [6, 6.07) is 1.78. The molecule has 0 radical (unpaired) electrons. The summed E-state index contributed by atoms with van der Waals surface area (Å²) in [6.07, 6.45) is 2.10. The largest absolute Gasteiger partial charge is 0.388 e. The van der Waals surface area contributed by atoms with Gasteiger partial charge in [0.25, 0.3) is 5.91 Å². The Morgan fingerprint density at radius 1 is 1.55 bits per heavy atom. The van der Waals surface area contributed by atoms with Crippen molar-refractivity contribution in [2.24, 2.45) is 7.05 Å². The summed E-state index contributed by atoms with van der Waals surface area (Å²) in [4.78, 5) is 16.3. The van der Waals surface area contributed by atoms with Gasteiger partial charge in [-0.15, -0.1) is 0 Å². The lowest BCUT2D eigenvalue weighted by atomic mass is 10.0.